The second-order valence-corrected chi connectivity index (χ2v) is 7.81. The van der Waals surface area contributed by atoms with E-state index in [2.05, 4.69) is 40.6 Å². The zero-order valence-corrected chi connectivity index (χ0v) is 16.8. The van der Waals surface area contributed by atoms with Gasteiger partial charge in [0.05, 0.1) is 12.2 Å². The van der Waals surface area contributed by atoms with E-state index in [4.69, 9.17) is 5.10 Å². The molecule has 0 spiro atoms. The normalized spacial score (nSPS) is 13.4. The first kappa shape index (κ1) is 18.4. The summed E-state index contributed by atoms with van der Waals surface area (Å²) >= 11 is 0. The first-order valence-electron chi connectivity index (χ1n) is 10.2. The molecule has 0 saturated heterocycles. The third-order valence-corrected chi connectivity index (χ3v) is 5.47. The highest BCUT2D eigenvalue weighted by molar-refractivity contribution is 6.02. The van der Waals surface area contributed by atoms with Gasteiger partial charge >= 0.3 is 0 Å². The van der Waals surface area contributed by atoms with Gasteiger partial charge in [-0.05, 0) is 37.0 Å². The molecule has 0 aliphatic heterocycles. The van der Waals surface area contributed by atoms with Crippen LogP contribution in [0.15, 0.2) is 66.7 Å². The van der Waals surface area contributed by atoms with E-state index in [-0.39, 0.29) is 5.91 Å². The molecule has 2 aromatic heterocycles. The fourth-order valence-corrected chi connectivity index (χ4v) is 3.62. The molecule has 6 nitrogen and oxygen atoms in total. The Morgan fingerprint density at radius 1 is 1.10 bits per heavy atom. The minimum atomic E-state index is -0.233. The first-order valence-corrected chi connectivity index (χ1v) is 10.2. The Morgan fingerprint density at radius 3 is 2.63 bits per heavy atom. The number of nitrogens with zero attached hydrogens (tertiary/aromatic N) is 3. The van der Waals surface area contributed by atoms with Gasteiger partial charge in [-0.2, -0.15) is 10.2 Å². The van der Waals surface area contributed by atoms with Gasteiger partial charge in [-0.1, -0.05) is 54.6 Å². The van der Waals surface area contributed by atoms with Crippen molar-refractivity contribution in [2.45, 2.75) is 32.2 Å². The number of aryl methyl sites for hydroxylation is 1. The van der Waals surface area contributed by atoms with Crippen LogP contribution < -0.4 is 5.32 Å². The summed E-state index contributed by atoms with van der Waals surface area (Å²) in [6.07, 6.45) is 2.32. The molecule has 1 aliphatic carbocycles. The number of carbonyl (C=O) groups excluding carboxylic acids is 1. The molecular weight excluding hydrogens is 374 g/mol. The second-order valence-electron chi connectivity index (χ2n) is 7.81. The summed E-state index contributed by atoms with van der Waals surface area (Å²) in [6.45, 7) is 2.63. The molecule has 0 unspecified atom stereocenters. The van der Waals surface area contributed by atoms with Gasteiger partial charge in [-0.3, -0.25) is 9.89 Å². The standard InChI is InChI=1S/C24H23N5O/c1-16-7-5-6-10-19(16)21-14-23(29(28-21)15-17-8-3-2-4-9-17)25-24(30)22-13-20(26-27-22)18-11-12-18/h2-10,13-14,18H,11-12,15H2,1H3,(H,25,30)(H,26,27). The molecule has 2 aromatic carbocycles. The summed E-state index contributed by atoms with van der Waals surface area (Å²) in [6, 6.07) is 22.0. The molecule has 1 aliphatic rings. The minimum Gasteiger partial charge on any atom is -0.305 e. The molecule has 30 heavy (non-hydrogen) atoms. The van der Waals surface area contributed by atoms with Gasteiger partial charge in [0.1, 0.15) is 5.82 Å². The Balaban J connectivity index is 1.46. The number of aromatic amines is 1. The summed E-state index contributed by atoms with van der Waals surface area (Å²) in [5.41, 5.74) is 5.58. The van der Waals surface area contributed by atoms with Crippen molar-refractivity contribution in [1.29, 1.82) is 0 Å². The molecule has 1 fully saturated rings. The van der Waals surface area contributed by atoms with Gasteiger partial charge in [-0.15, -0.1) is 0 Å². The lowest BCUT2D eigenvalue weighted by Gasteiger charge is -2.08. The Morgan fingerprint density at radius 2 is 1.87 bits per heavy atom. The van der Waals surface area contributed by atoms with E-state index in [9.17, 15) is 4.79 Å². The molecule has 2 heterocycles. The van der Waals surface area contributed by atoms with Gasteiger partial charge in [0, 0.05) is 23.2 Å². The van der Waals surface area contributed by atoms with Crippen LogP contribution in [-0.2, 0) is 6.54 Å². The van der Waals surface area contributed by atoms with Crippen LogP contribution in [0.25, 0.3) is 11.3 Å². The van der Waals surface area contributed by atoms with Gasteiger partial charge in [-0.25, -0.2) is 4.68 Å². The van der Waals surface area contributed by atoms with E-state index in [1.54, 1.807) is 0 Å². The highest BCUT2D eigenvalue weighted by Crippen LogP contribution is 2.39. The summed E-state index contributed by atoms with van der Waals surface area (Å²) in [5.74, 6) is 0.942. The van der Waals surface area contributed by atoms with E-state index in [0.29, 0.717) is 24.0 Å². The van der Waals surface area contributed by atoms with Crippen LogP contribution in [0.3, 0.4) is 0 Å². The predicted octanol–water partition coefficient (Wildman–Crippen LogP) is 4.76. The predicted molar refractivity (Wildman–Crippen MR) is 116 cm³/mol. The molecule has 1 saturated carbocycles. The third-order valence-electron chi connectivity index (χ3n) is 5.47. The lowest BCUT2D eigenvalue weighted by molar-refractivity contribution is 0.102. The molecule has 6 heteroatoms. The van der Waals surface area contributed by atoms with Crippen LogP contribution in [0.2, 0.25) is 0 Å². The highest BCUT2D eigenvalue weighted by Gasteiger charge is 2.26. The van der Waals surface area contributed by atoms with Crippen molar-refractivity contribution in [3.05, 3.63) is 89.2 Å². The number of amides is 1. The van der Waals surface area contributed by atoms with Crippen molar-refractivity contribution in [1.82, 2.24) is 20.0 Å². The van der Waals surface area contributed by atoms with E-state index in [0.717, 1.165) is 40.9 Å². The Labute approximate surface area is 175 Å². The molecule has 5 rings (SSSR count). The summed E-state index contributed by atoms with van der Waals surface area (Å²) in [7, 11) is 0. The highest BCUT2D eigenvalue weighted by atomic mass is 16.2. The maximum absolute atomic E-state index is 12.9. The van der Waals surface area contributed by atoms with Crippen LogP contribution in [0.1, 0.15) is 46.1 Å². The van der Waals surface area contributed by atoms with Crippen molar-refractivity contribution in [3.8, 4) is 11.3 Å². The number of rotatable bonds is 6. The minimum absolute atomic E-state index is 0.233. The average Bonchev–Trinajstić information content (AvgIpc) is 3.36. The van der Waals surface area contributed by atoms with Gasteiger partial charge in [0.2, 0.25) is 0 Å². The lowest BCUT2D eigenvalue weighted by atomic mass is 10.1. The van der Waals surface area contributed by atoms with Crippen LogP contribution in [0.5, 0.6) is 0 Å². The fourth-order valence-electron chi connectivity index (χ4n) is 3.62. The molecule has 4 aromatic rings. The van der Waals surface area contributed by atoms with Crippen molar-refractivity contribution >= 4 is 11.7 Å². The van der Waals surface area contributed by atoms with Crippen LogP contribution in [0, 0.1) is 6.92 Å². The van der Waals surface area contributed by atoms with Crippen LogP contribution in [0.4, 0.5) is 5.82 Å². The van der Waals surface area contributed by atoms with E-state index in [1.165, 1.54) is 0 Å². The van der Waals surface area contributed by atoms with Crippen molar-refractivity contribution < 1.29 is 4.79 Å². The number of anilines is 1. The maximum atomic E-state index is 12.9. The Kier molecular flexibility index (Phi) is 4.67. The summed E-state index contributed by atoms with van der Waals surface area (Å²) in [5, 5.41) is 15.0. The molecule has 1 amide bonds. The number of carbonyl (C=O) groups is 1. The number of nitrogens with one attached hydrogen (secondary N) is 2. The van der Waals surface area contributed by atoms with E-state index in [1.807, 2.05) is 53.2 Å². The number of benzene rings is 2. The monoisotopic (exact) mass is 397 g/mol. The van der Waals surface area contributed by atoms with Crippen LogP contribution in [-0.4, -0.2) is 25.9 Å². The van der Waals surface area contributed by atoms with Crippen molar-refractivity contribution in [3.63, 3.8) is 0 Å². The molecule has 150 valence electrons. The Bertz CT molecular complexity index is 1190. The molecule has 0 atom stereocenters. The third kappa shape index (κ3) is 3.76. The van der Waals surface area contributed by atoms with E-state index < -0.39 is 0 Å². The summed E-state index contributed by atoms with van der Waals surface area (Å²) < 4.78 is 1.84. The van der Waals surface area contributed by atoms with Crippen molar-refractivity contribution in [2.24, 2.45) is 0 Å². The quantitative estimate of drug-likeness (QED) is 0.492. The average molecular weight is 397 g/mol. The number of H-pyrrole nitrogens is 1. The molecule has 0 bridgehead atoms. The smallest absolute Gasteiger partial charge is 0.277 e. The second kappa shape index (κ2) is 7.63. The number of hydrogen-bond donors (Lipinski definition) is 2. The molecular formula is C24H23N5O. The molecule has 0 radical (unpaired) electrons. The van der Waals surface area contributed by atoms with Gasteiger partial charge in [0.25, 0.3) is 5.91 Å². The molecule has 2 N–H and O–H groups in total. The maximum Gasteiger partial charge on any atom is 0.277 e. The largest absolute Gasteiger partial charge is 0.305 e. The summed E-state index contributed by atoms with van der Waals surface area (Å²) in [4.78, 5) is 12.9. The van der Waals surface area contributed by atoms with Crippen molar-refractivity contribution in [2.75, 3.05) is 5.32 Å². The SMILES string of the molecule is Cc1ccccc1-c1cc(NC(=O)c2cc(C3CC3)[nH]n2)n(Cc2ccccc2)n1. The fraction of sp³-hybridized carbons (Fsp3) is 0.208. The van der Waals surface area contributed by atoms with Crippen LogP contribution >= 0.6 is 0 Å². The lowest BCUT2D eigenvalue weighted by Crippen LogP contribution is -2.16. The van der Waals surface area contributed by atoms with Gasteiger partial charge < -0.3 is 5.32 Å². The van der Waals surface area contributed by atoms with Gasteiger partial charge in [0.15, 0.2) is 5.69 Å². The topological polar surface area (TPSA) is 75.6 Å². The Hall–Kier alpha value is -3.67. The number of hydrogen-bond acceptors (Lipinski definition) is 3. The first-order chi connectivity index (χ1) is 14.7. The van der Waals surface area contributed by atoms with E-state index >= 15 is 0 Å². The zero-order chi connectivity index (χ0) is 20.5. The zero-order valence-electron chi connectivity index (χ0n) is 16.8. The number of aromatic nitrogens is 4.